The fourth-order valence-corrected chi connectivity index (χ4v) is 5.72. The Kier molecular flexibility index (Phi) is 10.7. The first-order valence-corrected chi connectivity index (χ1v) is 15.0. The number of aryl methyl sites for hydroxylation is 4. The Morgan fingerprint density at radius 2 is 1.50 bits per heavy atom. The van der Waals surface area contributed by atoms with Crippen LogP contribution in [0.4, 0.5) is 5.69 Å². The summed E-state index contributed by atoms with van der Waals surface area (Å²) in [4.78, 5) is 24.5. The van der Waals surface area contributed by atoms with E-state index in [1.54, 1.807) is 12.1 Å². The van der Waals surface area contributed by atoms with Crippen LogP contribution >= 0.6 is 0 Å². The van der Waals surface area contributed by atoms with E-state index >= 15 is 0 Å². The second-order valence-electron chi connectivity index (χ2n) is 11.3. The number of hydrogen-bond acceptors (Lipinski definition) is 4. The van der Waals surface area contributed by atoms with E-state index in [9.17, 15) is 14.9 Å². The third-order valence-electron chi connectivity index (χ3n) is 8.21. The van der Waals surface area contributed by atoms with E-state index in [2.05, 4.69) is 39.0 Å². The summed E-state index contributed by atoms with van der Waals surface area (Å²) in [5.41, 5.74) is 7.66. The minimum absolute atomic E-state index is 0.0564. The molecule has 0 bridgehead atoms. The summed E-state index contributed by atoms with van der Waals surface area (Å²) in [5.74, 6) is -0.0564. The average Bonchev–Trinajstić information content (AvgIpc) is 3.75. The number of epoxide rings is 1. The van der Waals surface area contributed by atoms with Gasteiger partial charge in [0.1, 0.15) is 6.10 Å². The molecular weight excluding hydrogens is 498 g/mol. The molecule has 4 rings (SSSR count). The number of nitro benzene ring substituents is 1. The molecule has 212 valence electrons. The number of rotatable bonds is 16. The summed E-state index contributed by atoms with van der Waals surface area (Å²) < 4.78 is 5.81. The monoisotopic (exact) mass is 541 g/mol. The number of hydrogen-bond donors (Lipinski definition) is 0. The van der Waals surface area contributed by atoms with Crippen LogP contribution in [0.2, 0.25) is 0 Å². The van der Waals surface area contributed by atoms with Gasteiger partial charge < -0.3 is 4.74 Å². The van der Waals surface area contributed by atoms with Crippen molar-refractivity contribution in [3.8, 4) is 0 Å². The highest BCUT2D eigenvalue weighted by molar-refractivity contribution is 6.01. The second kappa shape index (κ2) is 14.4. The van der Waals surface area contributed by atoms with Crippen molar-refractivity contribution in [2.75, 3.05) is 0 Å². The predicted molar refractivity (Wildman–Crippen MR) is 161 cm³/mol. The molecule has 5 nitrogen and oxygen atoms in total. The molecule has 40 heavy (non-hydrogen) atoms. The molecule has 3 aromatic rings. The number of nitro groups is 1. The molecule has 1 heterocycles. The fraction of sp³-hybridized carbons (Fsp3) is 0.457. The zero-order chi connectivity index (χ0) is 28.5. The van der Waals surface area contributed by atoms with Crippen LogP contribution in [0.5, 0.6) is 0 Å². The van der Waals surface area contributed by atoms with Crippen molar-refractivity contribution < 1.29 is 14.5 Å². The van der Waals surface area contributed by atoms with Crippen LogP contribution < -0.4 is 0 Å². The van der Waals surface area contributed by atoms with Crippen molar-refractivity contribution in [2.45, 2.75) is 104 Å². The Hall–Kier alpha value is -3.31. The summed E-state index contributed by atoms with van der Waals surface area (Å²) >= 11 is 0. The Morgan fingerprint density at radius 1 is 0.850 bits per heavy atom. The molecule has 0 aromatic heterocycles. The quantitative estimate of drug-likeness (QED) is 0.0596. The molecule has 2 atom stereocenters. The van der Waals surface area contributed by atoms with E-state index in [1.807, 2.05) is 30.3 Å². The summed E-state index contributed by atoms with van der Waals surface area (Å²) in [6, 6.07) is 19.5. The van der Waals surface area contributed by atoms with Crippen LogP contribution in [-0.2, 0) is 24.0 Å². The van der Waals surface area contributed by atoms with Gasteiger partial charge in [0.2, 0.25) is 0 Å². The molecular formula is C35H43NO4. The summed E-state index contributed by atoms with van der Waals surface area (Å²) in [6.45, 7) is 6.43. The topological polar surface area (TPSA) is 72.7 Å². The third kappa shape index (κ3) is 7.88. The van der Waals surface area contributed by atoms with Crippen LogP contribution in [-0.4, -0.2) is 16.8 Å². The van der Waals surface area contributed by atoms with Gasteiger partial charge in [-0.05, 0) is 68.2 Å². The zero-order valence-electron chi connectivity index (χ0n) is 24.3. The Morgan fingerprint density at radius 3 is 2.12 bits per heavy atom. The van der Waals surface area contributed by atoms with Gasteiger partial charge in [-0.1, -0.05) is 106 Å². The van der Waals surface area contributed by atoms with Gasteiger partial charge in [0.15, 0.2) is 11.9 Å². The van der Waals surface area contributed by atoms with Gasteiger partial charge in [0.05, 0.1) is 4.92 Å². The minimum atomic E-state index is -0.567. The number of Topliss-reactive ketones (excluding diaryl/α,β-unsaturated/α-hetero) is 1. The molecule has 0 N–H and O–H groups in total. The van der Waals surface area contributed by atoms with Crippen LogP contribution in [0.25, 0.3) is 0 Å². The van der Waals surface area contributed by atoms with Gasteiger partial charge in [-0.3, -0.25) is 14.9 Å². The molecule has 0 unspecified atom stereocenters. The summed E-state index contributed by atoms with van der Waals surface area (Å²) in [7, 11) is 0. The maximum Gasteiger partial charge on any atom is 0.272 e. The van der Waals surface area contributed by atoms with E-state index in [-0.39, 0.29) is 16.4 Å². The average molecular weight is 542 g/mol. The lowest BCUT2D eigenvalue weighted by Crippen LogP contribution is -2.09. The number of benzene rings is 3. The molecule has 1 aliphatic rings. The van der Waals surface area contributed by atoms with Gasteiger partial charge >= 0.3 is 0 Å². The summed E-state index contributed by atoms with van der Waals surface area (Å²) in [6.07, 6.45) is 11.0. The summed E-state index contributed by atoms with van der Waals surface area (Å²) in [5, 5.41) is 11.8. The molecule has 0 saturated carbocycles. The van der Waals surface area contributed by atoms with E-state index in [0.29, 0.717) is 12.0 Å². The number of ketones is 1. The van der Waals surface area contributed by atoms with Crippen molar-refractivity contribution >= 4 is 11.5 Å². The fourth-order valence-electron chi connectivity index (χ4n) is 5.72. The van der Waals surface area contributed by atoms with Gasteiger partial charge in [-0.25, -0.2) is 0 Å². The standard InChI is InChI=1S/C35H43NO4/c1-4-27-19-22-29(23-20-27)33(37)35-34(40-35)31-16-13-17-32(36(38)39)30(31)15-12-10-8-6-5-7-9-11-14-28-21-18-25(2)24-26(28)3/h13,16-24,34-35H,4-12,14-15H2,1-3H3/t34-,35-/m0/s1. The lowest BCUT2D eigenvalue weighted by molar-refractivity contribution is -0.385. The van der Waals surface area contributed by atoms with E-state index in [1.165, 1.54) is 54.4 Å². The molecule has 1 saturated heterocycles. The van der Waals surface area contributed by atoms with Crippen molar-refractivity contribution in [3.63, 3.8) is 0 Å². The van der Waals surface area contributed by atoms with Crippen LogP contribution in [0.3, 0.4) is 0 Å². The Balaban J connectivity index is 1.21. The Bertz CT molecular complexity index is 1300. The highest BCUT2D eigenvalue weighted by atomic mass is 16.6. The Labute approximate surface area is 239 Å². The SMILES string of the molecule is CCc1ccc(C(=O)[C@@H]2O[C@H]2c2cccc([N+](=O)[O-])c2CCCCCCCCCCc2ccc(C)cc2C)cc1. The van der Waals surface area contributed by atoms with Crippen molar-refractivity contribution in [3.05, 3.63) is 110 Å². The molecule has 0 spiro atoms. The van der Waals surface area contributed by atoms with Gasteiger partial charge in [0, 0.05) is 17.2 Å². The molecule has 3 aromatic carbocycles. The molecule has 1 fully saturated rings. The zero-order valence-corrected chi connectivity index (χ0v) is 24.3. The number of unbranched alkanes of at least 4 members (excludes halogenated alkanes) is 7. The number of ether oxygens (including phenoxy) is 1. The van der Waals surface area contributed by atoms with Gasteiger partial charge in [-0.15, -0.1) is 0 Å². The van der Waals surface area contributed by atoms with Gasteiger partial charge in [0.25, 0.3) is 5.69 Å². The molecule has 5 heteroatoms. The first-order chi connectivity index (χ1) is 19.4. The smallest absolute Gasteiger partial charge is 0.272 e. The molecule has 0 aliphatic carbocycles. The predicted octanol–water partition coefficient (Wildman–Crippen LogP) is 9.00. The minimum Gasteiger partial charge on any atom is -0.356 e. The lowest BCUT2D eigenvalue weighted by atomic mass is 9.94. The maximum absolute atomic E-state index is 13.0. The van der Waals surface area contributed by atoms with E-state index in [0.717, 1.165) is 43.2 Å². The third-order valence-corrected chi connectivity index (χ3v) is 8.21. The lowest BCUT2D eigenvalue weighted by Gasteiger charge is -2.09. The number of carbonyl (C=O) groups excluding carboxylic acids is 1. The van der Waals surface area contributed by atoms with Crippen molar-refractivity contribution in [2.24, 2.45) is 0 Å². The van der Waals surface area contributed by atoms with E-state index < -0.39 is 12.2 Å². The van der Waals surface area contributed by atoms with Crippen molar-refractivity contribution in [1.82, 2.24) is 0 Å². The van der Waals surface area contributed by atoms with Crippen LogP contribution in [0.1, 0.15) is 108 Å². The van der Waals surface area contributed by atoms with Gasteiger partial charge in [-0.2, -0.15) is 0 Å². The number of carbonyl (C=O) groups is 1. The molecule has 1 aliphatic heterocycles. The highest BCUT2D eigenvalue weighted by Gasteiger charge is 2.47. The molecule has 0 radical (unpaired) electrons. The maximum atomic E-state index is 13.0. The first-order valence-electron chi connectivity index (χ1n) is 15.0. The van der Waals surface area contributed by atoms with Crippen molar-refractivity contribution in [1.29, 1.82) is 0 Å². The first kappa shape index (κ1) is 29.7. The van der Waals surface area contributed by atoms with E-state index in [4.69, 9.17) is 4.74 Å². The normalized spacial score (nSPS) is 16.2. The highest BCUT2D eigenvalue weighted by Crippen LogP contribution is 2.44. The second-order valence-corrected chi connectivity index (χ2v) is 11.3. The largest absolute Gasteiger partial charge is 0.356 e. The van der Waals surface area contributed by atoms with Crippen LogP contribution in [0, 0.1) is 24.0 Å². The van der Waals surface area contributed by atoms with Crippen LogP contribution in [0.15, 0.2) is 60.7 Å². The number of nitrogens with zero attached hydrogens (tertiary/aromatic N) is 1. The molecule has 0 amide bonds.